The molecule has 0 bridgehead atoms. The van der Waals surface area contributed by atoms with E-state index in [4.69, 9.17) is 39.8 Å². The number of hydrogen-bond acceptors (Lipinski definition) is 13. The number of imidazole rings is 1. The first-order valence-corrected chi connectivity index (χ1v) is 18.6. The van der Waals surface area contributed by atoms with E-state index in [0.717, 1.165) is 0 Å². The van der Waals surface area contributed by atoms with Crippen LogP contribution in [0.3, 0.4) is 0 Å². The Bertz CT molecular complexity index is 2070. The smallest absolute Gasteiger partial charge is 0.330 e. The van der Waals surface area contributed by atoms with E-state index in [2.05, 4.69) is 25.3 Å². The Kier molecular flexibility index (Phi) is 9.34. The first-order valence-electron chi connectivity index (χ1n) is 16.0. The zero-order valence-corrected chi connectivity index (χ0v) is 29.2. The Morgan fingerprint density at radius 2 is 1.88 bits per heavy atom. The van der Waals surface area contributed by atoms with Crippen molar-refractivity contribution in [3.05, 3.63) is 81.1 Å². The summed E-state index contributed by atoms with van der Waals surface area (Å²) in [6.45, 7) is 2.95. The van der Waals surface area contributed by atoms with Crippen LogP contribution in [-0.4, -0.2) is 82.8 Å². The van der Waals surface area contributed by atoms with Gasteiger partial charge in [0, 0.05) is 23.7 Å². The van der Waals surface area contributed by atoms with E-state index in [0.29, 0.717) is 28.7 Å². The molecule has 50 heavy (non-hydrogen) atoms. The lowest BCUT2D eigenvalue weighted by atomic mass is 10.1. The van der Waals surface area contributed by atoms with Gasteiger partial charge in [0.1, 0.15) is 30.9 Å². The SMILES string of the molecule is CC[C@H]1O[C@@H](n2cc(C)c(=O)[nH]c2=O)C[C@@H]1OP(O)(=S)OC[C@H]1O[C@@H](n2cnc3c(NC(=O)c4ccccc4)ncnc32)[C@@H]2OC(C)(C)O[C@@H]21. The molecule has 3 aliphatic rings. The number of aryl methyl sites for hydroxylation is 1. The summed E-state index contributed by atoms with van der Waals surface area (Å²) in [7, 11) is 0. The first kappa shape index (κ1) is 34.7. The molecular formula is C31H36N7O10PS. The lowest BCUT2D eigenvalue weighted by Gasteiger charge is -2.26. The fourth-order valence-corrected chi connectivity index (χ4v) is 7.90. The van der Waals surface area contributed by atoms with Gasteiger partial charge in [-0.15, -0.1) is 0 Å². The normalized spacial score (nSPS) is 28.5. The molecule has 17 nitrogen and oxygen atoms in total. The van der Waals surface area contributed by atoms with Gasteiger partial charge in [-0.25, -0.2) is 19.7 Å². The van der Waals surface area contributed by atoms with Crippen LogP contribution in [0.1, 0.15) is 62.0 Å². The van der Waals surface area contributed by atoms with E-state index in [-0.39, 0.29) is 24.8 Å². The highest BCUT2D eigenvalue weighted by Gasteiger charge is 2.56. The second-order valence-electron chi connectivity index (χ2n) is 12.7. The summed E-state index contributed by atoms with van der Waals surface area (Å²) in [6.07, 6.45) is 0.247. The van der Waals surface area contributed by atoms with Crippen LogP contribution >= 0.6 is 6.72 Å². The number of aromatic amines is 1. The zero-order chi connectivity index (χ0) is 35.4. The van der Waals surface area contributed by atoms with Crippen molar-refractivity contribution in [3.63, 3.8) is 0 Å². The van der Waals surface area contributed by atoms with E-state index in [1.807, 2.05) is 13.0 Å². The minimum absolute atomic E-state index is 0.188. The number of amides is 1. The van der Waals surface area contributed by atoms with Crippen molar-refractivity contribution in [1.29, 1.82) is 0 Å². The van der Waals surface area contributed by atoms with Gasteiger partial charge >= 0.3 is 12.4 Å². The summed E-state index contributed by atoms with van der Waals surface area (Å²) < 4.78 is 39.6. The molecule has 4 aromatic rings. The van der Waals surface area contributed by atoms with Crippen molar-refractivity contribution < 1.29 is 37.7 Å². The Labute approximate surface area is 290 Å². The van der Waals surface area contributed by atoms with Gasteiger partial charge in [-0.1, -0.05) is 25.1 Å². The minimum atomic E-state index is -3.87. The molecule has 1 unspecified atom stereocenters. The highest BCUT2D eigenvalue weighted by atomic mass is 32.5. The van der Waals surface area contributed by atoms with Gasteiger partial charge in [-0.2, -0.15) is 0 Å². The third kappa shape index (κ3) is 6.82. The third-order valence-corrected chi connectivity index (χ3v) is 10.3. The Hall–Kier alpha value is -3.71. The number of carbonyl (C=O) groups excluding carboxylic acids is 1. The Morgan fingerprint density at radius 1 is 1.12 bits per heavy atom. The van der Waals surface area contributed by atoms with Gasteiger partial charge in [-0.3, -0.25) is 23.7 Å². The zero-order valence-electron chi connectivity index (χ0n) is 27.5. The average Bonchev–Trinajstić information content (AvgIpc) is 3.84. The van der Waals surface area contributed by atoms with Crippen molar-refractivity contribution >= 4 is 41.4 Å². The van der Waals surface area contributed by atoms with Crippen molar-refractivity contribution in [3.8, 4) is 0 Å². The molecule has 1 amide bonds. The van der Waals surface area contributed by atoms with Crippen LogP contribution in [0.15, 0.2) is 58.8 Å². The molecule has 3 fully saturated rings. The lowest BCUT2D eigenvalue weighted by molar-refractivity contribution is -0.199. The van der Waals surface area contributed by atoms with Gasteiger partial charge in [0.15, 0.2) is 29.0 Å². The minimum Gasteiger partial charge on any atom is -0.352 e. The molecule has 3 aliphatic heterocycles. The number of rotatable bonds is 10. The van der Waals surface area contributed by atoms with Crippen molar-refractivity contribution in [2.45, 2.75) is 89.3 Å². The number of H-pyrrole nitrogens is 1. The van der Waals surface area contributed by atoms with E-state index in [1.165, 1.54) is 23.4 Å². The third-order valence-electron chi connectivity index (χ3n) is 8.74. The van der Waals surface area contributed by atoms with E-state index in [9.17, 15) is 19.3 Å². The number of ether oxygens (including phenoxy) is 4. The van der Waals surface area contributed by atoms with E-state index in [1.54, 1.807) is 49.6 Å². The summed E-state index contributed by atoms with van der Waals surface area (Å²) >= 11 is 5.41. The van der Waals surface area contributed by atoms with Crippen LogP contribution in [-0.2, 0) is 39.8 Å². The number of anilines is 1. The number of aromatic nitrogens is 6. The molecular weight excluding hydrogens is 693 g/mol. The number of benzene rings is 1. The predicted molar refractivity (Wildman–Crippen MR) is 180 cm³/mol. The number of hydrogen-bond donors (Lipinski definition) is 3. The molecule has 1 aromatic carbocycles. The van der Waals surface area contributed by atoms with Crippen molar-refractivity contribution in [2.75, 3.05) is 11.9 Å². The monoisotopic (exact) mass is 729 g/mol. The number of carbonyl (C=O) groups is 1. The summed E-state index contributed by atoms with van der Waals surface area (Å²) in [6, 6.07) is 8.73. The second kappa shape index (κ2) is 13.4. The number of fused-ring (bicyclic) bond motifs is 2. The molecule has 0 spiro atoms. The maximum Gasteiger partial charge on any atom is 0.330 e. The Morgan fingerprint density at radius 3 is 2.64 bits per heavy atom. The summed E-state index contributed by atoms with van der Waals surface area (Å²) in [4.78, 5) is 63.8. The molecule has 3 saturated heterocycles. The molecule has 7 rings (SSSR count). The highest BCUT2D eigenvalue weighted by molar-refractivity contribution is 8.07. The van der Waals surface area contributed by atoms with E-state index < -0.39 is 66.7 Å². The fraction of sp³-hybridized carbons (Fsp3) is 0.484. The summed E-state index contributed by atoms with van der Waals surface area (Å²) in [5, 5.41) is 2.79. The van der Waals surface area contributed by atoms with Crippen LogP contribution in [0, 0.1) is 6.92 Å². The highest BCUT2D eigenvalue weighted by Crippen LogP contribution is 2.51. The summed E-state index contributed by atoms with van der Waals surface area (Å²) in [5.41, 5.74) is 0.443. The lowest BCUT2D eigenvalue weighted by Crippen LogP contribution is -2.33. The van der Waals surface area contributed by atoms with E-state index >= 15 is 0 Å². The van der Waals surface area contributed by atoms with Crippen LogP contribution in [0.4, 0.5) is 5.82 Å². The van der Waals surface area contributed by atoms with Gasteiger partial charge in [-0.05, 0) is 51.1 Å². The average molecular weight is 730 g/mol. The maximum absolute atomic E-state index is 12.8. The number of nitrogens with one attached hydrogen (secondary N) is 2. The molecule has 19 heteroatoms. The largest absolute Gasteiger partial charge is 0.352 e. The van der Waals surface area contributed by atoms with Crippen LogP contribution in [0.2, 0.25) is 0 Å². The maximum atomic E-state index is 12.8. The fourth-order valence-electron chi connectivity index (χ4n) is 6.43. The quantitative estimate of drug-likeness (QED) is 0.201. The molecule has 3 N–H and O–H groups in total. The summed E-state index contributed by atoms with van der Waals surface area (Å²) in [5.74, 6) is -1.09. The molecule has 0 saturated carbocycles. The Balaban J connectivity index is 1.06. The van der Waals surface area contributed by atoms with Crippen LogP contribution in [0.5, 0.6) is 0 Å². The predicted octanol–water partition coefficient (Wildman–Crippen LogP) is 2.67. The molecule has 266 valence electrons. The first-order chi connectivity index (χ1) is 23.8. The van der Waals surface area contributed by atoms with Crippen molar-refractivity contribution in [1.82, 2.24) is 29.1 Å². The number of nitrogens with zero attached hydrogens (tertiary/aromatic N) is 5. The molecule has 0 aliphatic carbocycles. The van der Waals surface area contributed by atoms with Crippen molar-refractivity contribution in [2.24, 2.45) is 0 Å². The second-order valence-corrected chi connectivity index (χ2v) is 15.4. The van der Waals surface area contributed by atoms with Crippen LogP contribution in [0.25, 0.3) is 11.2 Å². The van der Waals surface area contributed by atoms with Crippen LogP contribution < -0.4 is 16.6 Å². The standard InChI is InChI=1S/C31H36N7O10PS/c1-5-18-19(11-21(44-18)37-12-16(2)27(39)36-30(37)41)48-49(42,50)43-13-20-23-24(47-31(3,4)46-23)29(45-20)38-15-34-22-25(32-14-33-26(22)38)35-28(40)17-9-7-6-8-10-17/h6-10,12,14-15,18-21,23-24,29H,5,11,13H2,1-4H3,(H,42,50)(H,36,39,41)(H,32,33,35,40)/t18-,19+,20-,21-,23-,24-,29-,49?/m1/s1. The molecule has 8 atom stereocenters. The molecule has 0 radical (unpaired) electrons. The van der Waals surface area contributed by atoms with Gasteiger partial charge in [0.2, 0.25) is 0 Å². The topological polar surface area (TPSA) is 203 Å². The van der Waals surface area contributed by atoms with Gasteiger partial charge in [0.05, 0.1) is 25.1 Å². The molecule has 3 aromatic heterocycles. The van der Waals surface area contributed by atoms with Gasteiger partial charge in [0.25, 0.3) is 11.5 Å². The van der Waals surface area contributed by atoms with Gasteiger partial charge < -0.3 is 38.2 Å². The molecule has 6 heterocycles.